The Bertz CT molecular complexity index is 1940. The van der Waals surface area contributed by atoms with Crippen LogP contribution in [-0.2, 0) is 0 Å². The maximum absolute atomic E-state index is 3.70. The zero-order chi connectivity index (χ0) is 45.5. The molecule has 0 bridgehead atoms. The second-order valence-electron chi connectivity index (χ2n) is 18.4. The zero-order valence-electron chi connectivity index (χ0n) is 40.4. The lowest BCUT2D eigenvalue weighted by Gasteiger charge is -2.37. The Hall–Kier alpha value is -4.87. The second kappa shape index (κ2) is 26.4. The van der Waals surface area contributed by atoms with Crippen LogP contribution in [0.15, 0.2) is 54.7 Å². The molecule has 0 aliphatic carbocycles. The zero-order valence-corrected chi connectivity index (χ0v) is 43.4. The molecular weight excluding hydrogens is 769 g/mol. The van der Waals surface area contributed by atoms with E-state index in [4.69, 9.17) is 0 Å². The Morgan fingerprint density at radius 2 is 0.467 bits per heavy atom. The molecule has 0 nitrogen and oxygen atoms in total. The van der Waals surface area contributed by atoms with Crippen molar-refractivity contribution in [3.8, 4) is 105 Å². The van der Waals surface area contributed by atoms with E-state index in [1.54, 1.807) is 18.2 Å². The van der Waals surface area contributed by atoms with Gasteiger partial charge in [-0.25, -0.2) is 0 Å². The fourth-order valence-corrected chi connectivity index (χ4v) is 25.0. The van der Waals surface area contributed by atoms with Gasteiger partial charge in [-0.1, -0.05) is 178 Å². The van der Waals surface area contributed by atoms with Gasteiger partial charge >= 0.3 is 0 Å². The third-order valence-corrected chi connectivity index (χ3v) is 31.1. The molecule has 0 radical (unpaired) electrons. The molecule has 1 rings (SSSR count). The molecule has 312 valence electrons. The van der Waals surface area contributed by atoms with Crippen LogP contribution in [0.1, 0.15) is 141 Å². The molecule has 0 heterocycles. The van der Waals surface area contributed by atoms with Crippen LogP contribution in [-0.4, -0.2) is 24.2 Å². The van der Waals surface area contributed by atoms with Crippen LogP contribution in [0.5, 0.6) is 0 Å². The Kier molecular flexibility index (Phi) is 23.4. The average molecular weight is 841 g/mol. The molecule has 1 aromatic carbocycles. The van der Waals surface area contributed by atoms with Crippen LogP contribution in [0.4, 0.5) is 0 Å². The fourth-order valence-electron chi connectivity index (χ4n) is 9.44. The minimum atomic E-state index is -1.77. The molecule has 0 N–H and O–H groups in total. The molecule has 0 fully saturated rings. The monoisotopic (exact) mass is 840 g/mol. The molecule has 0 aliphatic rings. The first-order valence-corrected chi connectivity index (χ1v) is 28.7. The highest BCUT2D eigenvalue weighted by Crippen LogP contribution is 2.42. The molecule has 0 saturated heterocycles. The Labute approximate surface area is 373 Å². The summed E-state index contributed by atoms with van der Waals surface area (Å²) in [5.74, 6) is 46.3. The first kappa shape index (κ1) is 53.1. The predicted octanol–water partition coefficient (Wildman–Crippen LogP) is 14.1. The minimum Gasteiger partial charge on any atom is -0.126 e. The van der Waals surface area contributed by atoms with E-state index in [2.05, 4.69) is 230 Å². The van der Waals surface area contributed by atoms with Gasteiger partial charge in [-0.05, 0) is 140 Å². The third-order valence-electron chi connectivity index (χ3n) is 12.2. The first-order valence-electron chi connectivity index (χ1n) is 22.0. The first-order chi connectivity index (χ1) is 28.2. The predicted molar refractivity (Wildman–Crippen MR) is 274 cm³/mol. The topological polar surface area (TPSA) is 0 Å². The SMILES string of the molecule is CC(C)[Si](C#C/C=C\C#CC#Cc1cc(C#CC#C/C=C\C#C[Si](C(C)C)(C(C)C)C(C)C)cc(C#CC#C/C=C\C#C[Si](C(C)C)(C(C)C)C(C)C)c1)(C(C)C)C(C)C. The summed E-state index contributed by atoms with van der Waals surface area (Å²) in [5.41, 5.74) is 18.7. The molecule has 1 aromatic rings. The summed E-state index contributed by atoms with van der Waals surface area (Å²) in [6, 6.07) is 5.79. The van der Waals surface area contributed by atoms with Gasteiger partial charge in [0, 0.05) is 16.7 Å². The minimum absolute atomic E-state index is 0.588. The third kappa shape index (κ3) is 15.3. The quantitative estimate of drug-likeness (QED) is 0.172. The molecule has 0 aliphatic heterocycles. The molecule has 60 heavy (non-hydrogen) atoms. The van der Waals surface area contributed by atoms with Crippen LogP contribution in [0.3, 0.4) is 0 Å². The highest BCUT2D eigenvalue weighted by molar-refractivity contribution is 6.91. The normalized spacial score (nSPS) is 11.4. The Morgan fingerprint density at radius 3 is 0.650 bits per heavy atom. The van der Waals surface area contributed by atoms with Crippen molar-refractivity contribution < 1.29 is 0 Å². The molecular formula is C57H72Si3. The molecule has 0 saturated carbocycles. The molecule has 0 atom stereocenters. The van der Waals surface area contributed by atoms with Crippen molar-refractivity contribution in [3.63, 3.8) is 0 Å². The van der Waals surface area contributed by atoms with E-state index in [1.165, 1.54) is 0 Å². The number of benzene rings is 1. The van der Waals surface area contributed by atoms with Crippen molar-refractivity contribution in [2.75, 3.05) is 0 Å². The maximum atomic E-state index is 3.70. The molecule has 0 amide bonds. The van der Waals surface area contributed by atoms with Crippen LogP contribution >= 0.6 is 0 Å². The van der Waals surface area contributed by atoms with Crippen molar-refractivity contribution >= 4 is 24.2 Å². The summed E-state index contributed by atoms with van der Waals surface area (Å²) >= 11 is 0. The van der Waals surface area contributed by atoms with E-state index in [-0.39, 0.29) is 0 Å². The summed E-state index contributed by atoms with van der Waals surface area (Å²) in [6.45, 7) is 41.7. The van der Waals surface area contributed by atoms with Gasteiger partial charge in [-0.3, -0.25) is 0 Å². The van der Waals surface area contributed by atoms with Crippen LogP contribution < -0.4 is 0 Å². The number of hydrogen-bond donors (Lipinski definition) is 0. The van der Waals surface area contributed by atoms with Gasteiger partial charge in [-0.2, -0.15) is 0 Å². The summed E-state index contributed by atoms with van der Waals surface area (Å²) in [4.78, 5) is 0. The summed E-state index contributed by atoms with van der Waals surface area (Å²) in [6.07, 6.45) is 10.9. The Balaban J connectivity index is 3.51. The van der Waals surface area contributed by atoms with E-state index in [9.17, 15) is 0 Å². The van der Waals surface area contributed by atoms with Gasteiger partial charge in [-0.15, -0.1) is 16.6 Å². The Morgan fingerprint density at radius 1 is 0.283 bits per heavy atom. The summed E-state index contributed by atoms with van der Waals surface area (Å²) in [5, 5.41) is 0. The number of hydrogen-bond acceptors (Lipinski definition) is 0. The van der Waals surface area contributed by atoms with E-state index >= 15 is 0 Å². The fraction of sp³-hybridized carbons (Fsp3) is 0.474. The molecule has 0 spiro atoms. The second-order valence-corrected chi connectivity index (χ2v) is 35.1. The van der Waals surface area contributed by atoms with Crippen molar-refractivity contribution in [1.29, 1.82) is 0 Å². The standard InChI is InChI=1S/C57H72Si3/c1-46(2)58(47(3)4,48(5)6)40-34-28-22-19-25-31-37-55-43-56(38-32-26-20-23-29-35-41-59(49(7)8,50(9)10)51(11)12)45-57(44-55)39-33-27-21-24-30-36-42-60(52(13)14,53(15)16)54(17)18/h22-24,28-30,43-54H,1-18H3/b28-22-,29-23-,30-24-. The van der Waals surface area contributed by atoms with Crippen molar-refractivity contribution in [3.05, 3.63) is 71.3 Å². The molecule has 0 unspecified atom stereocenters. The summed E-state index contributed by atoms with van der Waals surface area (Å²) in [7, 11) is -5.32. The van der Waals surface area contributed by atoms with Crippen LogP contribution in [0.25, 0.3) is 0 Å². The van der Waals surface area contributed by atoms with Crippen molar-refractivity contribution in [2.45, 2.75) is 174 Å². The van der Waals surface area contributed by atoms with Crippen molar-refractivity contribution in [1.82, 2.24) is 0 Å². The van der Waals surface area contributed by atoms with Gasteiger partial charge in [0.2, 0.25) is 0 Å². The summed E-state index contributed by atoms with van der Waals surface area (Å²) < 4.78 is 0. The van der Waals surface area contributed by atoms with Gasteiger partial charge in [0.05, 0.1) is 0 Å². The van der Waals surface area contributed by atoms with Gasteiger partial charge < -0.3 is 0 Å². The largest absolute Gasteiger partial charge is 0.146 e. The lowest BCUT2D eigenvalue weighted by Crippen LogP contribution is -2.43. The maximum Gasteiger partial charge on any atom is 0.146 e. The lowest BCUT2D eigenvalue weighted by molar-refractivity contribution is 0.838. The van der Waals surface area contributed by atoms with E-state index in [1.807, 2.05) is 36.4 Å². The van der Waals surface area contributed by atoms with Crippen LogP contribution in [0, 0.1) is 105 Å². The van der Waals surface area contributed by atoms with Gasteiger partial charge in [0.15, 0.2) is 0 Å². The van der Waals surface area contributed by atoms with Crippen molar-refractivity contribution in [2.24, 2.45) is 0 Å². The highest BCUT2D eigenvalue weighted by Gasteiger charge is 2.43. The molecule has 0 aromatic heterocycles. The van der Waals surface area contributed by atoms with Gasteiger partial charge in [0.25, 0.3) is 0 Å². The van der Waals surface area contributed by atoms with E-state index in [0.29, 0.717) is 49.9 Å². The van der Waals surface area contributed by atoms with Gasteiger partial charge in [0.1, 0.15) is 24.2 Å². The highest BCUT2D eigenvalue weighted by atomic mass is 28.3. The van der Waals surface area contributed by atoms with E-state index in [0.717, 1.165) is 16.7 Å². The number of allylic oxidation sites excluding steroid dienone is 6. The lowest BCUT2D eigenvalue weighted by atomic mass is 10.1. The molecule has 3 heteroatoms. The number of rotatable bonds is 9. The van der Waals surface area contributed by atoms with E-state index < -0.39 is 24.2 Å². The average Bonchev–Trinajstić information content (AvgIpc) is 3.14. The smallest absolute Gasteiger partial charge is 0.126 e. The van der Waals surface area contributed by atoms with Crippen LogP contribution in [0.2, 0.25) is 49.9 Å².